The first-order valence-electron chi connectivity index (χ1n) is 13.0. The van der Waals surface area contributed by atoms with Crippen LogP contribution in [-0.2, 0) is 4.79 Å². The van der Waals surface area contributed by atoms with Crippen LogP contribution in [0, 0.1) is 5.92 Å². The second-order valence-corrected chi connectivity index (χ2v) is 10.4. The highest BCUT2D eigenvalue weighted by atomic mass is 32.2. The smallest absolute Gasteiger partial charge is 0.277 e. The fourth-order valence-corrected chi connectivity index (χ4v) is 5.94. The summed E-state index contributed by atoms with van der Waals surface area (Å²) >= 11 is 1.22. The Bertz CT molecular complexity index is 1520. The molecule has 7 nitrogen and oxygen atoms in total. The van der Waals surface area contributed by atoms with Crippen LogP contribution in [0.3, 0.4) is 0 Å². The van der Waals surface area contributed by atoms with Gasteiger partial charge in [0.1, 0.15) is 5.75 Å². The van der Waals surface area contributed by atoms with Gasteiger partial charge in [0.15, 0.2) is 0 Å². The summed E-state index contributed by atoms with van der Waals surface area (Å²) in [6.45, 7) is 0. The molecule has 0 saturated heterocycles. The zero-order valence-corrected chi connectivity index (χ0v) is 22.4. The van der Waals surface area contributed by atoms with E-state index in [-0.39, 0.29) is 23.6 Å². The molecule has 2 heterocycles. The number of carbonyl (C=O) groups excluding carboxylic acids is 1. The van der Waals surface area contributed by atoms with Crippen LogP contribution >= 0.6 is 11.8 Å². The highest BCUT2D eigenvalue weighted by molar-refractivity contribution is 7.99. The average Bonchev–Trinajstić information content (AvgIpc) is 3.63. The van der Waals surface area contributed by atoms with Crippen molar-refractivity contribution in [2.45, 2.75) is 30.5 Å². The van der Waals surface area contributed by atoms with Crippen molar-refractivity contribution in [2.75, 3.05) is 12.9 Å². The van der Waals surface area contributed by atoms with Crippen molar-refractivity contribution >= 4 is 29.5 Å². The molecule has 0 spiro atoms. The number of carbonyl (C=O) groups is 1. The first kappa shape index (κ1) is 25.1. The summed E-state index contributed by atoms with van der Waals surface area (Å²) in [5, 5.41) is 15.3. The van der Waals surface area contributed by atoms with E-state index in [1.54, 1.807) is 12.1 Å². The van der Waals surface area contributed by atoms with E-state index in [1.165, 1.54) is 17.3 Å². The number of allylic oxidation sites excluding steroid dienone is 1. The monoisotopic (exact) mass is 536 g/mol. The number of rotatable bonds is 7. The topological polar surface area (TPSA) is 80.8 Å². The lowest BCUT2D eigenvalue weighted by molar-refractivity contribution is -0.130. The van der Waals surface area contributed by atoms with Gasteiger partial charge in [0.25, 0.3) is 17.0 Å². The molecule has 1 aromatic heterocycles. The number of methoxy groups -OCH3 is 1. The van der Waals surface area contributed by atoms with E-state index < -0.39 is 0 Å². The number of para-hydroxylation sites is 1. The molecular weight excluding hydrogens is 508 g/mol. The lowest BCUT2D eigenvalue weighted by atomic mass is 9.77. The Balaban J connectivity index is 1.25. The number of thioether (sulfide) groups is 1. The fraction of sp³-hybridized carbons (Fsp3) is 0.226. The van der Waals surface area contributed by atoms with E-state index in [1.807, 2.05) is 60.7 Å². The molecule has 39 heavy (non-hydrogen) atoms. The Morgan fingerprint density at radius 1 is 1.03 bits per heavy atom. The van der Waals surface area contributed by atoms with Gasteiger partial charge in [-0.05, 0) is 54.2 Å². The minimum absolute atomic E-state index is 0.0909. The predicted octanol–water partition coefficient (Wildman–Crippen LogP) is 6.66. The number of benzene rings is 3. The number of nitrogens with zero attached hydrogens (tertiary/aromatic N) is 4. The van der Waals surface area contributed by atoms with E-state index in [0.717, 1.165) is 36.1 Å². The third-order valence-electron chi connectivity index (χ3n) is 7.10. The molecule has 0 radical (unpaired) electrons. The van der Waals surface area contributed by atoms with Gasteiger partial charge in [-0.15, -0.1) is 10.2 Å². The lowest BCUT2D eigenvalue weighted by Gasteiger charge is -2.29. The highest BCUT2D eigenvalue weighted by Crippen LogP contribution is 2.44. The van der Waals surface area contributed by atoms with Crippen molar-refractivity contribution < 1.29 is 13.9 Å². The summed E-state index contributed by atoms with van der Waals surface area (Å²) in [5.74, 6) is 1.21. The summed E-state index contributed by atoms with van der Waals surface area (Å²) in [6.07, 6.45) is 5.23. The maximum atomic E-state index is 13.7. The Hall–Kier alpha value is -4.17. The summed E-state index contributed by atoms with van der Waals surface area (Å²) < 4.78 is 11.3. The Kier molecular flexibility index (Phi) is 7.27. The molecule has 2 atom stereocenters. The summed E-state index contributed by atoms with van der Waals surface area (Å²) in [6, 6.07) is 27.8. The molecular formula is C31H28N4O3S. The van der Waals surface area contributed by atoms with Crippen LogP contribution in [0.4, 0.5) is 0 Å². The molecule has 2 aliphatic rings. The quantitative estimate of drug-likeness (QED) is 0.246. The maximum absolute atomic E-state index is 13.7. The van der Waals surface area contributed by atoms with Crippen molar-refractivity contribution in [2.24, 2.45) is 11.0 Å². The van der Waals surface area contributed by atoms with Gasteiger partial charge < -0.3 is 9.15 Å². The number of aromatic nitrogens is 2. The molecule has 1 aliphatic heterocycles. The molecule has 3 aromatic carbocycles. The van der Waals surface area contributed by atoms with Crippen LogP contribution in [0.1, 0.15) is 36.4 Å². The molecule has 4 aromatic rings. The van der Waals surface area contributed by atoms with Gasteiger partial charge in [0.2, 0.25) is 0 Å². The maximum Gasteiger partial charge on any atom is 0.277 e. The zero-order valence-electron chi connectivity index (χ0n) is 21.6. The molecule has 0 N–H and O–H groups in total. The standard InChI is InChI=1S/C31H28N4O3S/c1-37-26-18-9-8-16-24(26)30-32-33-31(38-30)39-20-27(36)35-29(22-13-6-3-7-14-22)25-17-10-15-23(28(25)34-35)19-21-11-4-2-5-12-21/h2-9,11-14,16,18-19,25,29H,10,15,17,20H2,1H3/b23-19-/t25-,29-/m0/s1. The van der Waals surface area contributed by atoms with Gasteiger partial charge in [-0.2, -0.15) is 5.10 Å². The van der Waals surface area contributed by atoms with Gasteiger partial charge in [0, 0.05) is 5.92 Å². The van der Waals surface area contributed by atoms with Crippen LogP contribution < -0.4 is 4.74 Å². The number of hydrogen-bond donors (Lipinski definition) is 0. The number of hydrogen-bond acceptors (Lipinski definition) is 7. The van der Waals surface area contributed by atoms with Gasteiger partial charge in [0.05, 0.1) is 30.2 Å². The zero-order chi connectivity index (χ0) is 26.6. The summed E-state index contributed by atoms with van der Waals surface area (Å²) in [5.41, 5.74) is 5.18. The molecule has 1 fully saturated rings. The van der Waals surface area contributed by atoms with Gasteiger partial charge in [-0.3, -0.25) is 4.79 Å². The predicted molar refractivity (Wildman–Crippen MR) is 152 cm³/mol. The van der Waals surface area contributed by atoms with Gasteiger partial charge in [-0.25, -0.2) is 5.01 Å². The molecule has 0 bridgehead atoms. The summed E-state index contributed by atoms with van der Waals surface area (Å²) in [4.78, 5) is 13.7. The number of hydrazone groups is 1. The second kappa shape index (κ2) is 11.3. The SMILES string of the molecule is COc1ccccc1-c1nnc(SCC(=O)N2N=C3/C(=C\c4ccccc4)CCC[C@@H]3[C@@H]2c2ccccc2)o1. The Labute approximate surface area is 231 Å². The molecule has 6 rings (SSSR count). The average molecular weight is 537 g/mol. The third kappa shape index (κ3) is 5.25. The van der Waals surface area contributed by atoms with Crippen molar-refractivity contribution in [1.82, 2.24) is 15.2 Å². The van der Waals surface area contributed by atoms with E-state index in [9.17, 15) is 4.79 Å². The van der Waals surface area contributed by atoms with Crippen LogP contribution in [0.15, 0.2) is 105 Å². The van der Waals surface area contributed by atoms with Crippen LogP contribution in [0.2, 0.25) is 0 Å². The Morgan fingerprint density at radius 2 is 1.77 bits per heavy atom. The lowest BCUT2D eigenvalue weighted by Crippen LogP contribution is -2.32. The van der Waals surface area contributed by atoms with Crippen molar-refractivity contribution in [3.63, 3.8) is 0 Å². The van der Waals surface area contributed by atoms with Crippen molar-refractivity contribution in [3.05, 3.63) is 102 Å². The van der Waals surface area contributed by atoms with Crippen LogP contribution in [-0.4, -0.2) is 39.7 Å². The normalized spacial score (nSPS) is 19.6. The van der Waals surface area contributed by atoms with E-state index >= 15 is 0 Å². The minimum atomic E-state index is -0.138. The molecule has 196 valence electrons. The first-order valence-corrected chi connectivity index (χ1v) is 14.0. The first-order chi connectivity index (χ1) is 19.2. The third-order valence-corrected chi connectivity index (χ3v) is 7.90. The van der Waals surface area contributed by atoms with E-state index in [4.69, 9.17) is 14.3 Å². The molecule has 1 saturated carbocycles. The number of fused-ring (bicyclic) bond motifs is 1. The van der Waals surface area contributed by atoms with Crippen molar-refractivity contribution in [1.29, 1.82) is 0 Å². The second-order valence-electron chi connectivity index (χ2n) is 9.52. The van der Waals surface area contributed by atoms with E-state index in [0.29, 0.717) is 22.4 Å². The van der Waals surface area contributed by atoms with Crippen LogP contribution in [0.25, 0.3) is 17.5 Å². The van der Waals surface area contributed by atoms with Crippen molar-refractivity contribution in [3.8, 4) is 17.2 Å². The Morgan fingerprint density at radius 3 is 2.56 bits per heavy atom. The van der Waals surface area contributed by atoms with Gasteiger partial charge in [-0.1, -0.05) is 84.6 Å². The minimum Gasteiger partial charge on any atom is -0.496 e. The number of ether oxygens (including phenoxy) is 1. The largest absolute Gasteiger partial charge is 0.496 e. The molecule has 8 heteroatoms. The highest BCUT2D eigenvalue weighted by Gasteiger charge is 2.43. The molecule has 0 unspecified atom stereocenters. The fourth-order valence-electron chi connectivity index (χ4n) is 5.33. The van der Waals surface area contributed by atoms with Gasteiger partial charge >= 0.3 is 0 Å². The molecule has 1 amide bonds. The van der Waals surface area contributed by atoms with Crippen LogP contribution in [0.5, 0.6) is 5.75 Å². The van der Waals surface area contributed by atoms with E-state index in [2.05, 4.69) is 40.5 Å². The molecule has 1 aliphatic carbocycles. The number of amides is 1. The summed E-state index contributed by atoms with van der Waals surface area (Å²) in [7, 11) is 1.60.